The van der Waals surface area contributed by atoms with Crippen molar-refractivity contribution in [3.63, 3.8) is 0 Å². The molecule has 118 valence electrons. The first-order chi connectivity index (χ1) is 10.2. The van der Waals surface area contributed by atoms with Crippen molar-refractivity contribution in [1.29, 1.82) is 0 Å². The number of likely N-dealkylation sites (tertiary alicyclic amines) is 1. The van der Waals surface area contributed by atoms with Crippen molar-refractivity contribution in [3.8, 4) is 0 Å². The number of nitrogens with one attached hydrogen (secondary N) is 1. The number of nitrogens with zero attached hydrogens (tertiary/aromatic N) is 1. The number of rotatable bonds is 7. The van der Waals surface area contributed by atoms with Crippen molar-refractivity contribution in [2.75, 3.05) is 26.2 Å². The van der Waals surface area contributed by atoms with Crippen LogP contribution in [0.2, 0.25) is 0 Å². The minimum Gasteiger partial charge on any atom is -0.377 e. The van der Waals surface area contributed by atoms with Gasteiger partial charge in [-0.2, -0.15) is 0 Å². The van der Waals surface area contributed by atoms with Crippen molar-refractivity contribution in [2.45, 2.75) is 45.9 Å². The Bertz CT molecular complexity index is 437. The summed E-state index contributed by atoms with van der Waals surface area (Å²) < 4.78 is 7.00. The highest BCUT2D eigenvalue weighted by Crippen LogP contribution is 2.22. The van der Waals surface area contributed by atoms with Crippen molar-refractivity contribution < 1.29 is 4.74 Å². The lowest BCUT2D eigenvalue weighted by Crippen LogP contribution is -2.39. The van der Waals surface area contributed by atoms with Gasteiger partial charge < -0.3 is 10.1 Å². The molecule has 1 saturated heterocycles. The summed E-state index contributed by atoms with van der Waals surface area (Å²) in [4.78, 5) is 2.51. The van der Waals surface area contributed by atoms with Gasteiger partial charge in [0.05, 0.1) is 6.10 Å². The van der Waals surface area contributed by atoms with Crippen LogP contribution in [0.15, 0.2) is 22.7 Å². The van der Waals surface area contributed by atoms with E-state index in [4.69, 9.17) is 4.74 Å². The molecule has 21 heavy (non-hydrogen) atoms. The molecule has 1 aliphatic heterocycles. The second kappa shape index (κ2) is 8.89. The smallest absolute Gasteiger partial charge is 0.0702 e. The predicted molar refractivity (Wildman–Crippen MR) is 91.4 cm³/mol. The molecule has 4 heteroatoms. The van der Waals surface area contributed by atoms with E-state index in [0.29, 0.717) is 6.10 Å². The molecule has 0 radical (unpaired) electrons. The van der Waals surface area contributed by atoms with Crippen LogP contribution in [0.4, 0.5) is 0 Å². The predicted octanol–water partition coefficient (Wildman–Crippen LogP) is 3.56. The van der Waals surface area contributed by atoms with Crippen molar-refractivity contribution in [3.05, 3.63) is 33.8 Å². The fourth-order valence-electron chi connectivity index (χ4n) is 2.87. The van der Waals surface area contributed by atoms with Gasteiger partial charge in [-0.25, -0.2) is 0 Å². The average Bonchev–Trinajstić information content (AvgIpc) is 2.48. The summed E-state index contributed by atoms with van der Waals surface area (Å²) in [6.45, 7) is 10.2. The lowest BCUT2D eigenvalue weighted by Gasteiger charge is -2.32. The molecule has 0 aromatic heterocycles. The summed E-state index contributed by atoms with van der Waals surface area (Å²) in [6, 6.07) is 6.72. The van der Waals surface area contributed by atoms with Gasteiger partial charge in [0.25, 0.3) is 0 Å². The molecule has 0 bridgehead atoms. The van der Waals surface area contributed by atoms with Crippen LogP contribution in [0.5, 0.6) is 0 Å². The van der Waals surface area contributed by atoms with Crippen LogP contribution in [-0.4, -0.2) is 37.2 Å². The largest absolute Gasteiger partial charge is 0.377 e. The highest BCUT2D eigenvalue weighted by molar-refractivity contribution is 9.10. The number of halogens is 1. The molecule has 1 aromatic carbocycles. The lowest BCUT2D eigenvalue weighted by atomic mass is 10.1. The zero-order valence-electron chi connectivity index (χ0n) is 13.2. The molecule has 0 saturated carbocycles. The van der Waals surface area contributed by atoms with Crippen molar-refractivity contribution in [2.24, 2.45) is 0 Å². The molecular formula is C17H27BrN2O. The summed E-state index contributed by atoms with van der Waals surface area (Å²) in [5, 5.41) is 3.36. The Morgan fingerprint density at radius 2 is 2.24 bits per heavy atom. The summed E-state index contributed by atoms with van der Waals surface area (Å²) in [5.74, 6) is 0. The maximum absolute atomic E-state index is 5.78. The van der Waals surface area contributed by atoms with Crippen LogP contribution in [0.3, 0.4) is 0 Å². The summed E-state index contributed by atoms with van der Waals surface area (Å²) >= 11 is 3.73. The Hall–Kier alpha value is -0.420. The van der Waals surface area contributed by atoms with Gasteiger partial charge in [0.1, 0.15) is 0 Å². The van der Waals surface area contributed by atoms with Gasteiger partial charge in [-0.3, -0.25) is 4.90 Å². The molecular weight excluding hydrogens is 328 g/mol. The molecule has 3 nitrogen and oxygen atoms in total. The van der Waals surface area contributed by atoms with E-state index in [0.717, 1.165) is 32.8 Å². The Kier molecular flexibility index (Phi) is 7.17. The lowest BCUT2D eigenvalue weighted by molar-refractivity contribution is 0.00358. The van der Waals surface area contributed by atoms with Crippen LogP contribution in [0, 0.1) is 0 Å². The second-order valence-corrected chi connectivity index (χ2v) is 6.52. The molecule has 1 atom stereocenters. The Balaban J connectivity index is 1.92. The first-order valence-electron chi connectivity index (χ1n) is 8.05. The van der Waals surface area contributed by atoms with Crippen LogP contribution in [-0.2, 0) is 17.8 Å². The third kappa shape index (κ3) is 5.37. The molecule has 1 heterocycles. The topological polar surface area (TPSA) is 24.5 Å². The fraction of sp³-hybridized carbons (Fsp3) is 0.647. The zero-order valence-corrected chi connectivity index (χ0v) is 14.8. The molecule has 0 amide bonds. The van der Waals surface area contributed by atoms with Gasteiger partial charge >= 0.3 is 0 Å². The summed E-state index contributed by atoms with van der Waals surface area (Å²) in [7, 11) is 0. The first-order valence-corrected chi connectivity index (χ1v) is 8.84. The summed E-state index contributed by atoms with van der Waals surface area (Å²) in [6.07, 6.45) is 2.85. The van der Waals surface area contributed by atoms with Gasteiger partial charge in [-0.05, 0) is 50.0 Å². The number of hydrogen-bond acceptors (Lipinski definition) is 3. The van der Waals surface area contributed by atoms with Gasteiger partial charge in [0, 0.05) is 30.7 Å². The Labute approximate surface area is 137 Å². The maximum atomic E-state index is 5.78. The van der Waals surface area contributed by atoms with E-state index >= 15 is 0 Å². The quantitative estimate of drug-likeness (QED) is 0.810. The molecule has 1 aliphatic rings. The van der Waals surface area contributed by atoms with Crippen LogP contribution in [0.25, 0.3) is 0 Å². The molecule has 0 aliphatic carbocycles. The highest BCUT2D eigenvalue weighted by atomic mass is 79.9. The maximum Gasteiger partial charge on any atom is 0.0702 e. The van der Waals surface area contributed by atoms with E-state index in [1.54, 1.807) is 0 Å². The van der Waals surface area contributed by atoms with E-state index in [2.05, 4.69) is 58.2 Å². The molecule has 1 unspecified atom stereocenters. The Morgan fingerprint density at radius 1 is 1.38 bits per heavy atom. The number of benzene rings is 1. The highest BCUT2D eigenvalue weighted by Gasteiger charge is 2.20. The number of piperidine rings is 1. The van der Waals surface area contributed by atoms with E-state index < -0.39 is 0 Å². The monoisotopic (exact) mass is 354 g/mol. The van der Waals surface area contributed by atoms with Crippen molar-refractivity contribution >= 4 is 15.9 Å². The van der Waals surface area contributed by atoms with E-state index in [9.17, 15) is 0 Å². The van der Waals surface area contributed by atoms with Gasteiger partial charge in [0.15, 0.2) is 0 Å². The first kappa shape index (κ1) is 16.9. The molecule has 1 fully saturated rings. The van der Waals surface area contributed by atoms with Gasteiger partial charge in [-0.1, -0.05) is 35.0 Å². The van der Waals surface area contributed by atoms with Gasteiger partial charge in [-0.15, -0.1) is 0 Å². The third-order valence-electron chi connectivity index (χ3n) is 3.96. The Morgan fingerprint density at radius 3 is 2.95 bits per heavy atom. The molecule has 2 rings (SSSR count). The number of ether oxygens (including phenoxy) is 1. The molecule has 1 aromatic rings. The normalized spacial score (nSPS) is 19.9. The SMILES string of the molecule is CCNCc1ccc(CN2CCCC(OCC)C2)c(Br)c1. The van der Waals surface area contributed by atoms with Crippen LogP contribution in [0.1, 0.15) is 37.8 Å². The second-order valence-electron chi connectivity index (χ2n) is 5.66. The van der Waals surface area contributed by atoms with Crippen LogP contribution < -0.4 is 5.32 Å². The van der Waals surface area contributed by atoms with E-state index in [1.807, 2.05) is 0 Å². The van der Waals surface area contributed by atoms with Crippen molar-refractivity contribution in [1.82, 2.24) is 10.2 Å². The van der Waals surface area contributed by atoms with Gasteiger partial charge in [0.2, 0.25) is 0 Å². The minimum absolute atomic E-state index is 0.413. The molecule has 1 N–H and O–H groups in total. The van der Waals surface area contributed by atoms with Crippen LogP contribution >= 0.6 is 15.9 Å². The standard InChI is InChI=1S/C17H27BrN2O/c1-3-19-11-14-7-8-15(17(18)10-14)12-20-9-5-6-16(13-20)21-4-2/h7-8,10,16,19H,3-6,9,11-13H2,1-2H3. The number of hydrogen-bond donors (Lipinski definition) is 1. The van der Waals surface area contributed by atoms with E-state index in [1.165, 1.54) is 35.0 Å². The molecule has 0 spiro atoms. The fourth-order valence-corrected chi connectivity index (χ4v) is 3.42. The summed E-state index contributed by atoms with van der Waals surface area (Å²) in [5.41, 5.74) is 2.70. The van der Waals surface area contributed by atoms with E-state index in [-0.39, 0.29) is 0 Å². The minimum atomic E-state index is 0.413. The average molecular weight is 355 g/mol. The zero-order chi connectivity index (χ0) is 15.1. The third-order valence-corrected chi connectivity index (χ3v) is 4.69.